The molecule has 3 rings (SSSR count). The van der Waals surface area contributed by atoms with Gasteiger partial charge in [-0.3, -0.25) is 0 Å². The Labute approximate surface area is 138 Å². The minimum absolute atomic E-state index is 0.427. The summed E-state index contributed by atoms with van der Waals surface area (Å²) in [5.41, 5.74) is 2.16. The highest BCUT2D eigenvalue weighted by Crippen LogP contribution is 2.27. The average Bonchev–Trinajstić information content (AvgIpc) is 3.03. The Balaban J connectivity index is 1.75. The number of nitrogens with zero attached hydrogens (tertiary/aromatic N) is 4. The lowest BCUT2D eigenvalue weighted by Crippen LogP contribution is -2.56. The van der Waals surface area contributed by atoms with E-state index in [0.29, 0.717) is 12.2 Å². The standard InChI is InChI=1S/C15H20N4O5/c1-8-2-4-9(5-3-8)6-11-16-18-19(17-11)15-14(23)13(22)12(21)10(7-20)24-15/h2-5,10,12-15,20-23H,6-7H2,1H3. The fourth-order valence-electron chi connectivity index (χ4n) is 2.60. The van der Waals surface area contributed by atoms with Crippen molar-refractivity contribution in [2.45, 2.75) is 44.0 Å². The topological polar surface area (TPSA) is 134 Å². The second-order valence-electron chi connectivity index (χ2n) is 5.91. The molecule has 0 spiro atoms. The molecule has 4 N–H and O–H groups in total. The zero-order valence-electron chi connectivity index (χ0n) is 13.1. The smallest absolute Gasteiger partial charge is 0.199 e. The Hall–Kier alpha value is -1.91. The molecule has 0 saturated carbocycles. The van der Waals surface area contributed by atoms with E-state index < -0.39 is 37.3 Å². The third kappa shape index (κ3) is 3.30. The molecule has 1 aromatic heterocycles. The van der Waals surface area contributed by atoms with E-state index in [1.54, 1.807) is 0 Å². The van der Waals surface area contributed by atoms with Crippen LogP contribution in [0.2, 0.25) is 0 Å². The van der Waals surface area contributed by atoms with Crippen molar-refractivity contribution in [1.82, 2.24) is 20.2 Å². The molecule has 0 bridgehead atoms. The number of aryl methyl sites for hydroxylation is 1. The van der Waals surface area contributed by atoms with E-state index >= 15 is 0 Å². The summed E-state index contributed by atoms with van der Waals surface area (Å²) in [6, 6.07) is 7.89. The molecular formula is C15H20N4O5. The van der Waals surface area contributed by atoms with Crippen LogP contribution in [0.4, 0.5) is 0 Å². The second kappa shape index (κ2) is 6.91. The summed E-state index contributed by atoms with van der Waals surface area (Å²) in [5, 5.41) is 50.8. The summed E-state index contributed by atoms with van der Waals surface area (Å²) in [7, 11) is 0. The fourth-order valence-corrected chi connectivity index (χ4v) is 2.60. The molecule has 2 heterocycles. The number of tetrazole rings is 1. The number of hydrogen-bond donors (Lipinski definition) is 4. The normalized spacial score (nSPS) is 30.5. The minimum Gasteiger partial charge on any atom is -0.394 e. The summed E-state index contributed by atoms with van der Waals surface area (Å²) < 4.78 is 5.38. The van der Waals surface area contributed by atoms with Crippen LogP contribution in [0.5, 0.6) is 0 Å². The molecule has 24 heavy (non-hydrogen) atoms. The van der Waals surface area contributed by atoms with Gasteiger partial charge in [0.15, 0.2) is 12.1 Å². The van der Waals surface area contributed by atoms with Crippen molar-refractivity contribution in [3.05, 3.63) is 41.2 Å². The van der Waals surface area contributed by atoms with Gasteiger partial charge in [-0.2, -0.15) is 0 Å². The van der Waals surface area contributed by atoms with E-state index in [-0.39, 0.29) is 0 Å². The molecule has 5 unspecified atom stereocenters. The van der Waals surface area contributed by atoms with Crippen molar-refractivity contribution >= 4 is 0 Å². The number of rotatable bonds is 4. The number of benzene rings is 1. The molecule has 0 aliphatic carbocycles. The van der Waals surface area contributed by atoms with Crippen molar-refractivity contribution in [3.8, 4) is 0 Å². The second-order valence-corrected chi connectivity index (χ2v) is 5.91. The Kier molecular flexibility index (Phi) is 4.88. The first-order valence-corrected chi connectivity index (χ1v) is 7.64. The zero-order chi connectivity index (χ0) is 17.3. The lowest BCUT2D eigenvalue weighted by molar-refractivity contribution is -0.257. The van der Waals surface area contributed by atoms with Gasteiger partial charge in [0, 0.05) is 6.42 Å². The van der Waals surface area contributed by atoms with Crippen LogP contribution in [0.3, 0.4) is 0 Å². The van der Waals surface area contributed by atoms with E-state index in [9.17, 15) is 20.4 Å². The maximum Gasteiger partial charge on any atom is 0.199 e. The third-order valence-corrected chi connectivity index (χ3v) is 4.05. The largest absolute Gasteiger partial charge is 0.394 e. The van der Waals surface area contributed by atoms with E-state index in [2.05, 4.69) is 15.4 Å². The summed E-state index contributed by atoms with van der Waals surface area (Å²) in [5.74, 6) is 0.427. The van der Waals surface area contributed by atoms with Crippen molar-refractivity contribution in [2.75, 3.05) is 6.61 Å². The van der Waals surface area contributed by atoms with Crippen molar-refractivity contribution in [3.63, 3.8) is 0 Å². The highest BCUT2D eigenvalue weighted by Gasteiger charge is 2.45. The van der Waals surface area contributed by atoms with Crippen LogP contribution in [-0.2, 0) is 11.2 Å². The Bertz CT molecular complexity index is 675. The van der Waals surface area contributed by atoms with Gasteiger partial charge in [-0.15, -0.1) is 15.0 Å². The van der Waals surface area contributed by atoms with Crippen LogP contribution in [0.1, 0.15) is 23.2 Å². The predicted octanol–water partition coefficient (Wildman–Crippen LogP) is -1.46. The zero-order valence-corrected chi connectivity index (χ0v) is 13.1. The monoisotopic (exact) mass is 336 g/mol. The highest BCUT2D eigenvalue weighted by atomic mass is 16.6. The Morgan fingerprint density at radius 3 is 2.46 bits per heavy atom. The van der Waals surface area contributed by atoms with Gasteiger partial charge in [0.1, 0.15) is 24.4 Å². The first kappa shape index (κ1) is 16.9. The lowest BCUT2D eigenvalue weighted by Gasteiger charge is -2.38. The van der Waals surface area contributed by atoms with Crippen LogP contribution in [0.25, 0.3) is 0 Å². The van der Waals surface area contributed by atoms with Gasteiger partial charge < -0.3 is 25.2 Å². The van der Waals surface area contributed by atoms with Crippen molar-refractivity contribution in [1.29, 1.82) is 0 Å². The number of ether oxygens (including phenoxy) is 1. The van der Waals surface area contributed by atoms with Crippen LogP contribution in [-0.4, -0.2) is 71.7 Å². The summed E-state index contributed by atoms with van der Waals surface area (Å²) in [6.45, 7) is 1.49. The van der Waals surface area contributed by atoms with Gasteiger partial charge in [-0.05, 0) is 17.7 Å². The van der Waals surface area contributed by atoms with Crippen LogP contribution in [0.15, 0.2) is 24.3 Å². The summed E-state index contributed by atoms with van der Waals surface area (Å²) in [6.07, 6.45) is -6.04. The van der Waals surface area contributed by atoms with Crippen LogP contribution in [0, 0.1) is 6.92 Å². The van der Waals surface area contributed by atoms with Crippen LogP contribution < -0.4 is 0 Å². The number of aliphatic hydroxyl groups is 4. The molecule has 2 aromatic rings. The van der Waals surface area contributed by atoms with Gasteiger partial charge >= 0.3 is 0 Å². The van der Waals surface area contributed by atoms with Crippen LogP contribution >= 0.6 is 0 Å². The molecule has 1 saturated heterocycles. The minimum atomic E-state index is -1.48. The molecule has 5 atom stereocenters. The van der Waals surface area contributed by atoms with Crippen molar-refractivity contribution < 1.29 is 25.2 Å². The average molecular weight is 336 g/mol. The molecule has 1 aliphatic rings. The quantitative estimate of drug-likeness (QED) is 0.532. The van der Waals surface area contributed by atoms with E-state index in [1.807, 2.05) is 31.2 Å². The highest BCUT2D eigenvalue weighted by molar-refractivity contribution is 5.23. The number of aliphatic hydroxyl groups excluding tert-OH is 4. The molecule has 0 amide bonds. The maximum atomic E-state index is 10.1. The molecule has 1 aliphatic heterocycles. The summed E-state index contributed by atoms with van der Waals surface area (Å²) in [4.78, 5) is 1.05. The Morgan fingerprint density at radius 2 is 1.79 bits per heavy atom. The lowest BCUT2D eigenvalue weighted by atomic mass is 9.99. The molecule has 0 radical (unpaired) electrons. The molecule has 1 fully saturated rings. The number of hydrogen-bond acceptors (Lipinski definition) is 8. The van der Waals surface area contributed by atoms with Gasteiger partial charge in [0.25, 0.3) is 0 Å². The van der Waals surface area contributed by atoms with Crippen molar-refractivity contribution in [2.24, 2.45) is 0 Å². The fraction of sp³-hybridized carbons (Fsp3) is 0.533. The van der Waals surface area contributed by atoms with Gasteiger partial charge in [0.05, 0.1) is 6.61 Å². The summed E-state index contributed by atoms with van der Waals surface area (Å²) >= 11 is 0. The predicted molar refractivity (Wildman–Crippen MR) is 80.8 cm³/mol. The first-order valence-electron chi connectivity index (χ1n) is 7.64. The van der Waals surface area contributed by atoms with Gasteiger partial charge in [0.2, 0.25) is 0 Å². The molecule has 9 heteroatoms. The molecule has 130 valence electrons. The third-order valence-electron chi connectivity index (χ3n) is 4.05. The molecule has 1 aromatic carbocycles. The van der Waals surface area contributed by atoms with E-state index in [4.69, 9.17) is 4.74 Å². The molecule has 9 nitrogen and oxygen atoms in total. The van der Waals surface area contributed by atoms with Gasteiger partial charge in [-0.1, -0.05) is 29.8 Å². The number of aromatic nitrogens is 4. The first-order chi connectivity index (χ1) is 11.5. The SMILES string of the molecule is Cc1ccc(Cc2nnn(C3OC(CO)C(O)C(O)C3O)n2)cc1. The van der Waals surface area contributed by atoms with E-state index in [0.717, 1.165) is 15.9 Å². The van der Waals surface area contributed by atoms with Gasteiger partial charge in [-0.25, -0.2) is 0 Å². The molecular weight excluding hydrogens is 316 g/mol. The Morgan fingerprint density at radius 1 is 1.08 bits per heavy atom. The van der Waals surface area contributed by atoms with E-state index in [1.165, 1.54) is 0 Å². The maximum absolute atomic E-state index is 10.1.